The standard InChI is InChI=1S/C14H22N2O5S2/c1-3-12-21-13-4-6-14(7-5-13)23(19,20)16-10-8-15(9-11-16)22(2,17)18/h4-7H,3,8-12H2,1-2H3. The van der Waals surface area contributed by atoms with Gasteiger partial charge in [-0.3, -0.25) is 0 Å². The lowest BCUT2D eigenvalue weighted by Crippen LogP contribution is -2.50. The molecular weight excluding hydrogens is 340 g/mol. The quantitative estimate of drug-likeness (QED) is 0.745. The van der Waals surface area contributed by atoms with E-state index in [0.29, 0.717) is 12.4 Å². The summed E-state index contributed by atoms with van der Waals surface area (Å²) in [6, 6.07) is 6.30. The number of hydrogen-bond donors (Lipinski definition) is 0. The molecule has 0 aromatic heterocycles. The molecule has 0 saturated carbocycles. The first-order chi connectivity index (χ1) is 10.7. The summed E-state index contributed by atoms with van der Waals surface area (Å²) in [5.41, 5.74) is 0. The summed E-state index contributed by atoms with van der Waals surface area (Å²) in [5.74, 6) is 0.632. The van der Waals surface area contributed by atoms with Gasteiger partial charge in [-0.25, -0.2) is 16.8 Å². The number of piperazine rings is 1. The second kappa shape index (κ2) is 7.16. The molecule has 1 aromatic rings. The van der Waals surface area contributed by atoms with Crippen molar-refractivity contribution in [2.75, 3.05) is 39.0 Å². The maximum Gasteiger partial charge on any atom is 0.243 e. The van der Waals surface area contributed by atoms with Gasteiger partial charge in [0.05, 0.1) is 17.8 Å². The highest BCUT2D eigenvalue weighted by Gasteiger charge is 2.31. The maximum absolute atomic E-state index is 12.6. The Morgan fingerprint density at radius 3 is 1.96 bits per heavy atom. The highest BCUT2D eigenvalue weighted by atomic mass is 32.2. The van der Waals surface area contributed by atoms with Crippen LogP contribution in [0.25, 0.3) is 0 Å². The third-order valence-electron chi connectivity index (χ3n) is 3.60. The van der Waals surface area contributed by atoms with Crippen LogP contribution in [0.15, 0.2) is 29.2 Å². The van der Waals surface area contributed by atoms with E-state index in [4.69, 9.17) is 4.74 Å². The van der Waals surface area contributed by atoms with E-state index >= 15 is 0 Å². The largest absolute Gasteiger partial charge is 0.494 e. The molecule has 2 rings (SSSR count). The van der Waals surface area contributed by atoms with Crippen molar-refractivity contribution in [2.24, 2.45) is 0 Å². The monoisotopic (exact) mass is 362 g/mol. The van der Waals surface area contributed by atoms with Crippen LogP contribution in [0.5, 0.6) is 5.75 Å². The molecule has 0 atom stereocenters. The van der Waals surface area contributed by atoms with Gasteiger partial charge in [0.15, 0.2) is 0 Å². The maximum atomic E-state index is 12.6. The first kappa shape index (κ1) is 18.2. The number of hydrogen-bond acceptors (Lipinski definition) is 5. The summed E-state index contributed by atoms with van der Waals surface area (Å²) < 4.78 is 56.2. The Balaban J connectivity index is 2.07. The van der Waals surface area contributed by atoms with E-state index in [1.807, 2.05) is 6.92 Å². The molecule has 1 fully saturated rings. The lowest BCUT2D eigenvalue weighted by atomic mass is 10.3. The zero-order valence-electron chi connectivity index (χ0n) is 13.3. The molecule has 9 heteroatoms. The average molecular weight is 362 g/mol. The van der Waals surface area contributed by atoms with Crippen molar-refractivity contribution in [1.29, 1.82) is 0 Å². The Labute approximate surface area is 137 Å². The van der Waals surface area contributed by atoms with Crippen LogP contribution in [-0.2, 0) is 20.0 Å². The van der Waals surface area contributed by atoms with Crippen LogP contribution in [0.4, 0.5) is 0 Å². The molecule has 1 aliphatic heterocycles. The SMILES string of the molecule is CCCOc1ccc(S(=O)(=O)N2CCN(S(C)(=O)=O)CC2)cc1. The van der Waals surface area contributed by atoms with Gasteiger partial charge in [0, 0.05) is 26.2 Å². The van der Waals surface area contributed by atoms with Gasteiger partial charge in [0.2, 0.25) is 20.0 Å². The van der Waals surface area contributed by atoms with E-state index in [0.717, 1.165) is 12.7 Å². The minimum Gasteiger partial charge on any atom is -0.494 e. The summed E-state index contributed by atoms with van der Waals surface area (Å²) in [7, 11) is -6.89. The topological polar surface area (TPSA) is 84.0 Å². The molecule has 0 N–H and O–H groups in total. The first-order valence-corrected chi connectivity index (χ1v) is 10.7. The van der Waals surface area contributed by atoms with Crippen LogP contribution < -0.4 is 4.74 Å². The lowest BCUT2D eigenvalue weighted by Gasteiger charge is -2.32. The van der Waals surface area contributed by atoms with E-state index in [1.54, 1.807) is 12.1 Å². The van der Waals surface area contributed by atoms with Crippen LogP contribution in [0.1, 0.15) is 13.3 Å². The first-order valence-electron chi connectivity index (χ1n) is 7.43. The molecule has 0 unspecified atom stereocenters. The molecule has 1 saturated heterocycles. The Kier molecular flexibility index (Phi) is 5.66. The molecule has 7 nitrogen and oxygen atoms in total. The molecular formula is C14H22N2O5S2. The third kappa shape index (κ3) is 4.43. The van der Waals surface area contributed by atoms with Gasteiger partial charge in [-0.1, -0.05) is 6.92 Å². The van der Waals surface area contributed by atoms with E-state index < -0.39 is 20.0 Å². The number of sulfonamides is 2. The normalized spacial score (nSPS) is 18.0. The summed E-state index contributed by atoms with van der Waals surface area (Å²) >= 11 is 0. The van der Waals surface area contributed by atoms with Crippen LogP contribution in [0.2, 0.25) is 0 Å². The van der Waals surface area contributed by atoms with Gasteiger partial charge >= 0.3 is 0 Å². The molecule has 0 aliphatic carbocycles. The summed E-state index contributed by atoms with van der Waals surface area (Å²) in [6.45, 7) is 3.24. The highest BCUT2D eigenvalue weighted by molar-refractivity contribution is 7.89. The minimum absolute atomic E-state index is 0.156. The Morgan fingerprint density at radius 1 is 0.957 bits per heavy atom. The third-order valence-corrected chi connectivity index (χ3v) is 6.82. The van der Waals surface area contributed by atoms with Crippen LogP contribution in [0.3, 0.4) is 0 Å². The van der Waals surface area contributed by atoms with Gasteiger partial charge in [-0.2, -0.15) is 8.61 Å². The number of benzene rings is 1. The van der Waals surface area contributed by atoms with Crippen LogP contribution in [-0.4, -0.2) is 64.5 Å². The molecule has 0 radical (unpaired) electrons. The fourth-order valence-electron chi connectivity index (χ4n) is 2.32. The van der Waals surface area contributed by atoms with Crippen LogP contribution >= 0.6 is 0 Å². The predicted octanol–water partition coefficient (Wildman–Crippen LogP) is 0.741. The Hall–Kier alpha value is -1.16. The number of ether oxygens (including phenoxy) is 1. The van der Waals surface area contributed by atoms with Gasteiger partial charge in [-0.05, 0) is 30.7 Å². The van der Waals surface area contributed by atoms with Gasteiger partial charge in [0.1, 0.15) is 5.75 Å². The van der Waals surface area contributed by atoms with E-state index in [9.17, 15) is 16.8 Å². The van der Waals surface area contributed by atoms with Crippen molar-refractivity contribution in [2.45, 2.75) is 18.2 Å². The molecule has 1 aliphatic rings. The second-order valence-electron chi connectivity index (χ2n) is 5.39. The van der Waals surface area contributed by atoms with Crippen molar-refractivity contribution in [3.63, 3.8) is 0 Å². The zero-order chi connectivity index (χ0) is 17.1. The van der Waals surface area contributed by atoms with Gasteiger partial charge in [0.25, 0.3) is 0 Å². The van der Waals surface area contributed by atoms with Crippen LogP contribution in [0, 0.1) is 0 Å². The van der Waals surface area contributed by atoms with Crippen molar-refractivity contribution >= 4 is 20.0 Å². The van der Waals surface area contributed by atoms with E-state index in [-0.39, 0.29) is 31.1 Å². The molecule has 130 valence electrons. The van der Waals surface area contributed by atoms with Crippen molar-refractivity contribution in [1.82, 2.24) is 8.61 Å². The minimum atomic E-state index is -3.61. The fraction of sp³-hybridized carbons (Fsp3) is 0.571. The smallest absolute Gasteiger partial charge is 0.243 e. The summed E-state index contributed by atoms with van der Waals surface area (Å²) in [5, 5.41) is 0. The number of rotatable bonds is 6. The van der Waals surface area contributed by atoms with Crippen molar-refractivity contribution in [3.05, 3.63) is 24.3 Å². The zero-order valence-corrected chi connectivity index (χ0v) is 14.9. The molecule has 0 bridgehead atoms. The lowest BCUT2D eigenvalue weighted by molar-refractivity contribution is 0.274. The molecule has 1 aromatic carbocycles. The Morgan fingerprint density at radius 2 is 1.48 bits per heavy atom. The van der Waals surface area contributed by atoms with Crippen molar-refractivity contribution in [3.8, 4) is 5.75 Å². The molecule has 1 heterocycles. The summed E-state index contributed by atoms with van der Waals surface area (Å²) in [6.07, 6.45) is 2.01. The Bertz CT molecular complexity index is 721. The highest BCUT2D eigenvalue weighted by Crippen LogP contribution is 2.21. The predicted molar refractivity (Wildman–Crippen MR) is 87.4 cm³/mol. The van der Waals surface area contributed by atoms with E-state index in [2.05, 4.69) is 0 Å². The second-order valence-corrected chi connectivity index (χ2v) is 9.31. The van der Waals surface area contributed by atoms with Gasteiger partial charge in [-0.15, -0.1) is 0 Å². The van der Waals surface area contributed by atoms with Gasteiger partial charge < -0.3 is 4.74 Å². The molecule has 0 spiro atoms. The molecule has 0 amide bonds. The fourth-order valence-corrected chi connectivity index (χ4v) is 4.57. The van der Waals surface area contributed by atoms with E-state index in [1.165, 1.54) is 20.7 Å². The van der Waals surface area contributed by atoms with Crippen molar-refractivity contribution < 1.29 is 21.6 Å². The summed E-state index contributed by atoms with van der Waals surface area (Å²) in [4.78, 5) is 0.189. The average Bonchev–Trinajstić information content (AvgIpc) is 2.52. The number of nitrogens with zero attached hydrogens (tertiary/aromatic N) is 2. The molecule has 23 heavy (non-hydrogen) atoms.